The Morgan fingerprint density at radius 2 is 2.16 bits per heavy atom. The molecule has 0 aromatic heterocycles. The van der Waals surface area contributed by atoms with Crippen LogP contribution < -0.4 is 15.0 Å². The minimum absolute atomic E-state index is 0.107. The van der Waals surface area contributed by atoms with Crippen molar-refractivity contribution in [3.8, 4) is 5.75 Å². The van der Waals surface area contributed by atoms with Gasteiger partial charge in [0, 0.05) is 45.0 Å². The van der Waals surface area contributed by atoms with E-state index < -0.39 is 0 Å². The minimum atomic E-state index is 0.107. The van der Waals surface area contributed by atoms with Gasteiger partial charge in [-0.1, -0.05) is 6.07 Å². The Morgan fingerprint density at radius 1 is 1.42 bits per heavy atom. The molecule has 0 atom stereocenters. The van der Waals surface area contributed by atoms with Crippen LogP contribution in [0.15, 0.2) is 24.3 Å². The number of nitrogens with one attached hydrogen (secondary N) is 1. The number of ether oxygens (including phenoxy) is 1. The van der Waals surface area contributed by atoms with Crippen molar-refractivity contribution in [3.05, 3.63) is 24.3 Å². The summed E-state index contributed by atoms with van der Waals surface area (Å²) in [5, 5.41) is 3.28. The second-order valence-corrected chi connectivity index (χ2v) is 4.68. The van der Waals surface area contributed by atoms with Gasteiger partial charge < -0.3 is 15.0 Å². The molecule has 1 heterocycles. The molecule has 1 aromatic rings. The quantitative estimate of drug-likeness (QED) is 0.862. The molecule has 0 aliphatic carbocycles. The molecule has 1 N–H and O–H groups in total. The molecule has 2 rings (SSSR count). The number of carbonyl (C=O) groups excluding carboxylic acids is 1. The number of nitrogens with zero attached hydrogens (tertiary/aromatic N) is 2. The normalized spacial score (nSPS) is 16.1. The van der Waals surface area contributed by atoms with Crippen molar-refractivity contribution in [1.82, 2.24) is 10.2 Å². The van der Waals surface area contributed by atoms with Crippen molar-refractivity contribution in [2.75, 3.05) is 51.8 Å². The van der Waals surface area contributed by atoms with Crippen molar-refractivity contribution < 1.29 is 9.53 Å². The highest BCUT2D eigenvalue weighted by Crippen LogP contribution is 2.20. The molecule has 1 aliphatic rings. The molecule has 5 nitrogen and oxygen atoms in total. The zero-order valence-electron chi connectivity index (χ0n) is 11.6. The molecule has 1 aromatic carbocycles. The summed E-state index contributed by atoms with van der Waals surface area (Å²) in [7, 11) is 3.43. The van der Waals surface area contributed by atoms with E-state index in [1.165, 1.54) is 0 Å². The average molecular weight is 263 g/mol. The molecule has 1 aliphatic heterocycles. The predicted molar refractivity (Wildman–Crippen MR) is 75.7 cm³/mol. The van der Waals surface area contributed by atoms with Gasteiger partial charge in [-0.2, -0.15) is 0 Å². The van der Waals surface area contributed by atoms with Gasteiger partial charge in [0.05, 0.1) is 13.7 Å². The van der Waals surface area contributed by atoms with Gasteiger partial charge in [-0.3, -0.25) is 9.69 Å². The SMILES string of the molecule is COc1cccc(N(C)C(=O)CN2CCNCC2)c1. The highest BCUT2D eigenvalue weighted by molar-refractivity contribution is 5.94. The molecule has 1 amide bonds. The zero-order chi connectivity index (χ0) is 13.7. The maximum atomic E-state index is 12.2. The molecule has 104 valence electrons. The standard InChI is InChI=1S/C14H21N3O2/c1-16(12-4-3-5-13(10-12)19-2)14(18)11-17-8-6-15-7-9-17/h3-5,10,15H,6-9,11H2,1-2H3. The van der Waals surface area contributed by atoms with Crippen LogP contribution in [0.3, 0.4) is 0 Å². The van der Waals surface area contributed by atoms with Gasteiger partial charge in [0.15, 0.2) is 0 Å². The molecule has 0 unspecified atom stereocenters. The van der Waals surface area contributed by atoms with E-state index in [-0.39, 0.29) is 5.91 Å². The number of piperazine rings is 1. The van der Waals surface area contributed by atoms with Gasteiger partial charge in [-0.05, 0) is 12.1 Å². The number of likely N-dealkylation sites (N-methyl/N-ethyl adjacent to an activating group) is 1. The lowest BCUT2D eigenvalue weighted by Gasteiger charge is -2.28. The van der Waals surface area contributed by atoms with Gasteiger partial charge in [0.25, 0.3) is 0 Å². The Morgan fingerprint density at radius 3 is 2.84 bits per heavy atom. The Bertz CT molecular complexity index is 430. The van der Waals surface area contributed by atoms with Crippen LogP contribution in [0.5, 0.6) is 5.75 Å². The zero-order valence-corrected chi connectivity index (χ0v) is 11.6. The minimum Gasteiger partial charge on any atom is -0.497 e. The van der Waals surface area contributed by atoms with Crippen LogP contribution >= 0.6 is 0 Å². The van der Waals surface area contributed by atoms with Crippen LogP contribution in [0.1, 0.15) is 0 Å². The number of carbonyl (C=O) groups is 1. The van der Waals surface area contributed by atoms with Crippen LogP contribution in [0.4, 0.5) is 5.69 Å². The molecule has 5 heteroatoms. The van der Waals surface area contributed by atoms with Crippen LogP contribution in [0.2, 0.25) is 0 Å². The van der Waals surface area contributed by atoms with Gasteiger partial charge in [-0.25, -0.2) is 0 Å². The van der Waals surface area contributed by atoms with Gasteiger partial charge >= 0.3 is 0 Å². The fraction of sp³-hybridized carbons (Fsp3) is 0.500. The van der Waals surface area contributed by atoms with E-state index in [0.717, 1.165) is 37.6 Å². The highest BCUT2D eigenvalue weighted by Gasteiger charge is 2.17. The molecule has 1 fully saturated rings. The number of anilines is 1. The Kier molecular flexibility index (Phi) is 4.76. The smallest absolute Gasteiger partial charge is 0.240 e. The van der Waals surface area contributed by atoms with E-state index in [9.17, 15) is 4.79 Å². The van der Waals surface area contributed by atoms with Crippen molar-refractivity contribution in [2.24, 2.45) is 0 Å². The maximum absolute atomic E-state index is 12.2. The van der Waals surface area contributed by atoms with Gasteiger partial charge in [-0.15, -0.1) is 0 Å². The lowest BCUT2D eigenvalue weighted by Crippen LogP contribution is -2.47. The van der Waals surface area contributed by atoms with Gasteiger partial charge in [0.1, 0.15) is 5.75 Å². The second-order valence-electron chi connectivity index (χ2n) is 4.68. The molecule has 0 bridgehead atoms. The number of benzene rings is 1. The molecule has 0 radical (unpaired) electrons. The Hall–Kier alpha value is -1.59. The Labute approximate surface area is 114 Å². The number of hydrogen-bond donors (Lipinski definition) is 1. The van der Waals surface area contributed by atoms with Crippen molar-refractivity contribution in [2.45, 2.75) is 0 Å². The summed E-state index contributed by atoms with van der Waals surface area (Å²) in [5.74, 6) is 0.870. The van der Waals surface area contributed by atoms with E-state index in [1.54, 1.807) is 19.1 Å². The number of amides is 1. The van der Waals surface area contributed by atoms with Crippen molar-refractivity contribution in [3.63, 3.8) is 0 Å². The summed E-state index contributed by atoms with van der Waals surface area (Å²) < 4.78 is 5.18. The fourth-order valence-electron chi connectivity index (χ4n) is 2.13. The van der Waals surface area contributed by atoms with Crippen molar-refractivity contribution >= 4 is 11.6 Å². The van der Waals surface area contributed by atoms with Crippen molar-refractivity contribution in [1.29, 1.82) is 0 Å². The first-order chi connectivity index (χ1) is 9.20. The lowest BCUT2D eigenvalue weighted by molar-refractivity contribution is -0.119. The third-order valence-electron chi connectivity index (χ3n) is 3.38. The summed E-state index contributed by atoms with van der Waals surface area (Å²) in [4.78, 5) is 16.1. The van der Waals surface area contributed by atoms with E-state index in [1.807, 2.05) is 24.3 Å². The summed E-state index contributed by atoms with van der Waals surface area (Å²) in [6.07, 6.45) is 0. The van der Waals surface area contributed by atoms with Crippen LogP contribution in [-0.2, 0) is 4.79 Å². The predicted octanol–water partition coefficient (Wildman–Crippen LogP) is 0.563. The average Bonchev–Trinajstić information content (AvgIpc) is 2.47. The van der Waals surface area contributed by atoms with E-state index in [4.69, 9.17) is 4.74 Å². The molecule has 0 spiro atoms. The topological polar surface area (TPSA) is 44.8 Å². The van der Waals surface area contributed by atoms with Crippen LogP contribution in [0.25, 0.3) is 0 Å². The Balaban J connectivity index is 1.97. The summed E-state index contributed by atoms with van der Waals surface area (Å²) in [6.45, 7) is 4.23. The van der Waals surface area contributed by atoms with E-state index in [0.29, 0.717) is 6.54 Å². The third-order valence-corrected chi connectivity index (χ3v) is 3.38. The monoisotopic (exact) mass is 263 g/mol. The largest absolute Gasteiger partial charge is 0.497 e. The van der Waals surface area contributed by atoms with Crippen LogP contribution in [0, 0.1) is 0 Å². The van der Waals surface area contributed by atoms with Crippen LogP contribution in [-0.4, -0.2) is 57.7 Å². The van der Waals surface area contributed by atoms with Gasteiger partial charge in [0.2, 0.25) is 5.91 Å². The molecule has 0 saturated carbocycles. The first-order valence-corrected chi connectivity index (χ1v) is 6.54. The first kappa shape index (κ1) is 13.8. The summed E-state index contributed by atoms with van der Waals surface area (Å²) >= 11 is 0. The summed E-state index contributed by atoms with van der Waals surface area (Å²) in [6, 6.07) is 7.55. The molecular formula is C14H21N3O2. The first-order valence-electron chi connectivity index (χ1n) is 6.54. The number of hydrogen-bond acceptors (Lipinski definition) is 4. The number of methoxy groups -OCH3 is 1. The second kappa shape index (κ2) is 6.54. The molecular weight excluding hydrogens is 242 g/mol. The number of rotatable bonds is 4. The van der Waals surface area contributed by atoms with E-state index >= 15 is 0 Å². The third kappa shape index (κ3) is 3.68. The maximum Gasteiger partial charge on any atom is 0.240 e. The summed E-state index contributed by atoms with van der Waals surface area (Å²) in [5.41, 5.74) is 0.861. The highest BCUT2D eigenvalue weighted by atomic mass is 16.5. The van der Waals surface area contributed by atoms with E-state index in [2.05, 4.69) is 10.2 Å². The molecule has 19 heavy (non-hydrogen) atoms. The molecule has 1 saturated heterocycles. The lowest BCUT2D eigenvalue weighted by atomic mass is 10.2. The fourth-order valence-corrected chi connectivity index (χ4v) is 2.13.